The third-order valence-corrected chi connectivity index (χ3v) is 4.79. The van der Waals surface area contributed by atoms with Gasteiger partial charge in [0, 0.05) is 33.4 Å². The second-order valence-electron chi connectivity index (χ2n) is 4.35. The van der Waals surface area contributed by atoms with Gasteiger partial charge >= 0.3 is 0 Å². The molecular formula is C13H20N2S2. The van der Waals surface area contributed by atoms with Crippen LogP contribution in [0.1, 0.15) is 25.1 Å². The van der Waals surface area contributed by atoms with E-state index in [-0.39, 0.29) is 0 Å². The fourth-order valence-corrected chi connectivity index (χ4v) is 3.83. The SMILES string of the molecule is CCCNCC(C)NCc1cc2sccc2s1. The van der Waals surface area contributed by atoms with Crippen LogP contribution in [0.5, 0.6) is 0 Å². The minimum atomic E-state index is 0.529. The molecular weight excluding hydrogens is 248 g/mol. The Hall–Kier alpha value is -0.420. The van der Waals surface area contributed by atoms with E-state index in [1.807, 2.05) is 22.7 Å². The molecule has 2 heterocycles. The van der Waals surface area contributed by atoms with E-state index in [0.717, 1.165) is 19.6 Å². The van der Waals surface area contributed by atoms with Crippen molar-refractivity contribution in [1.82, 2.24) is 10.6 Å². The molecule has 4 heteroatoms. The van der Waals surface area contributed by atoms with Crippen LogP contribution in [-0.2, 0) is 6.54 Å². The summed E-state index contributed by atoms with van der Waals surface area (Å²) in [7, 11) is 0. The highest BCUT2D eigenvalue weighted by molar-refractivity contribution is 7.26. The van der Waals surface area contributed by atoms with Crippen molar-refractivity contribution in [3.8, 4) is 0 Å². The van der Waals surface area contributed by atoms with Crippen LogP contribution in [0.4, 0.5) is 0 Å². The molecule has 0 saturated heterocycles. The number of hydrogen-bond acceptors (Lipinski definition) is 4. The molecule has 2 nitrogen and oxygen atoms in total. The quantitative estimate of drug-likeness (QED) is 0.752. The molecule has 0 aromatic carbocycles. The summed E-state index contributed by atoms with van der Waals surface area (Å²) in [6, 6.07) is 5.05. The molecule has 1 atom stereocenters. The number of fused-ring (bicyclic) bond motifs is 1. The molecule has 2 aromatic rings. The largest absolute Gasteiger partial charge is 0.315 e. The highest BCUT2D eigenvalue weighted by atomic mass is 32.1. The first-order valence-electron chi connectivity index (χ1n) is 6.19. The summed E-state index contributed by atoms with van der Waals surface area (Å²) in [5, 5.41) is 9.16. The van der Waals surface area contributed by atoms with Crippen molar-refractivity contribution in [3.63, 3.8) is 0 Å². The average Bonchev–Trinajstić information content (AvgIpc) is 2.86. The maximum atomic E-state index is 3.56. The molecule has 0 fully saturated rings. The Kier molecular flexibility index (Phi) is 4.98. The molecule has 0 aliphatic carbocycles. The third-order valence-electron chi connectivity index (χ3n) is 2.69. The number of thiophene rings is 2. The van der Waals surface area contributed by atoms with Gasteiger partial charge in [-0.05, 0) is 37.4 Å². The van der Waals surface area contributed by atoms with Crippen LogP contribution in [0.3, 0.4) is 0 Å². The smallest absolute Gasteiger partial charge is 0.0453 e. The van der Waals surface area contributed by atoms with Gasteiger partial charge < -0.3 is 10.6 Å². The van der Waals surface area contributed by atoms with E-state index in [4.69, 9.17) is 0 Å². The van der Waals surface area contributed by atoms with E-state index in [2.05, 4.69) is 42.0 Å². The monoisotopic (exact) mass is 268 g/mol. The molecule has 17 heavy (non-hydrogen) atoms. The zero-order valence-corrected chi connectivity index (χ0v) is 12.1. The second kappa shape index (κ2) is 6.50. The van der Waals surface area contributed by atoms with Crippen molar-refractivity contribution in [3.05, 3.63) is 22.4 Å². The van der Waals surface area contributed by atoms with E-state index in [9.17, 15) is 0 Å². The first-order valence-corrected chi connectivity index (χ1v) is 7.89. The normalized spacial score (nSPS) is 13.3. The van der Waals surface area contributed by atoms with Crippen LogP contribution < -0.4 is 10.6 Å². The van der Waals surface area contributed by atoms with Crippen LogP contribution in [0.25, 0.3) is 9.40 Å². The van der Waals surface area contributed by atoms with Crippen LogP contribution >= 0.6 is 22.7 Å². The summed E-state index contributed by atoms with van der Waals surface area (Å²) in [5.41, 5.74) is 0. The lowest BCUT2D eigenvalue weighted by atomic mass is 10.3. The van der Waals surface area contributed by atoms with E-state index in [0.29, 0.717) is 6.04 Å². The van der Waals surface area contributed by atoms with Crippen LogP contribution in [0.2, 0.25) is 0 Å². The molecule has 0 aliphatic heterocycles. The Bertz CT molecular complexity index is 418. The molecule has 2 aromatic heterocycles. The van der Waals surface area contributed by atoms with Crippen LogP contribution in [0.15, 0.2) is 17.5 Å². The summed E-state index contributed by atoms with van der Waals surface area (Å²) in [5.74, 6) is 0. The Morgan fingerprint density at radius 2 is 2.24 bits per heavy atom. The maximum absolute atomic E-state index is 3.56. The van der Waals surface area contributed by atoms with E-state index >= 15 is 0 Å². The van der Waals surface area contributed by atoms with Crippen LogP contribution in [0, 0.1) is 0 Å². The van der Waals surface area contributed by atoms with Crippen molar-refractivity contribution < 1.29 is 0 Å². The fraction of sp³-hybridized carbons (Fsp3) is 0.538. The molecule has 0 amide bonds. The molecule has 1 unspecified atom stereocenters. The van der Waals surface area contributed by atoms with Crippen molar-refractivity contribution >= 4 is 32.1 Å². The van der Waals surface area contributed by atoms with Gasteiger partial charge in [-0.3, -0.25) is 0 Å². The van der Waals surface area contributed by atoms with Crippen molar-refractivity contribution in [2.75, 3.05) is 13.1 Å². The van der Waals surface area contributed by atoms with Gasteiger partial charge in [0.1, 0.15) is 0 Å². The minimum absolute atomic E-state index is 0.529. The number of hydrogen-bond donors (Lipinski definition) is 2. The zero-order chi connectivity index (χ0) is 12.1. The predicted octanol–water partition coefficient (Wildman–Crippen LogP) is 3.44. The molecule has 0 spiro atoms. The molecule has 0 bridgehead atoms. The van der Waals surface area contributed by atoms with Gasteiger partial charge in [0.25, 0.3) is 0 Å². The molecule has 94 valence electrons. The lowest BCUT2D eigenvalue weighted by molar-refractivity contribution is 0.503. The molecule has 0 radical (unpaired) electrons. The third kappa shape index (κ3) is 3.78. The van der Waals surface area contributed by atoms with Gasteiger partial charge in [-0.25, -0.2) is 0 Å². The number of rotatable bonds is 7. The van der Waals surface area contributed by atoms with E-state index < -0.39 is 0 Å². The van der Waals surface area contributed by atoms with Crippen LogP contribution in [-0.4, -0.2) is 19.1 Å². The van der Waals surface area contributed by atoms with E-state index in [1.165, 1.54) is 20.7 Å². The van der Waals surface area contributed by atoms with Crippen molar-refractivity contribution in [2.45, 2.75) is 32.9 Å². The minimum Gasteiger partial charge on any atom is -0.315 e. The summed E-state index contributed by atoms with van der Waals surface area (Å²) >= 11 is 3.73. The average molecular weight is 268 g/mol. The summed E-state index contributed by atoms with van der Waals surface area (Å²) in [6.45, 7) is 7.58. The van der Waals surface area contributed by atoms with Gasteiger partial charge in [0.15, 0.2) is 0 Å². The highest BCUT2D eigenvalue weighted by Gasteiger charge is 2.04. The second-order valence-corrected chi connectivity index (χ2v) is 6.46. The first kappa shape index (κ1) is 13.0. The van der Waals surface area contributed by atoms with Gasteiger partial charge in [-0.1, -0.05) is 6.92 Å². The fourth-order valence-electron chi connectivity index (χ4n) is 1.75. The molecule has 2 rings (SSSR count). The van der Waals surface area contributed by atoms with Gasteiger partial charge in [-0.15, -0.1) is 22.7 Å². The predicted molar refractivity (Wildman–Crippen MR) is 79.2 cm³/mol. The first-order chi connectivity index (χ1) is 8.29. The number of nitrogens with one attached hydrogen (secondary N) is 2. The van der Waals surface area contributed by atoms with Gasteiger partial charge in [-0.2, -0.15) is 0 Å². The molecule has 2 N–H and O–H groups in total. The van der Waals surface area contributed by atoms with Crippen molar-refractivity contribution in [1.29, 1.82) is 0 Å². The summed E-state index contributed by atoms with van der Waals surface area (Å²) in [6.07, 6.45) is 1.20. The Balaban J connectivity index is 1.76. The van der Waals surface area contributed by atoms with E-state index in [1.54, 1.807) is 0 Å². The Morgan fingerprint density at radius 1 is 1.35 bits per heavy atom. The van der Waals surface area contributed by atoms with Crippen molar-refractivity contribution in [2.24, 2.45) is 0 Å². The standard InChI is InChI=1S/C13H20N2S2/c1-3-5-14-8-10(2)15-9-11-7-13-12(17-11)4-6-16-13/h4,6-7,10,14-15H,3,5,8-9H2,1-2H3. The maximum Gasteiger partial charge on any atom is 0.0453 e. The Labute approximate surface area is 111 Å². The topological polar surface area (TPSA) is 24.1 Å². The highest BCUT2D eigenvalue weighted by Crippen LogP contribution is 2.29. The lowest BCUT2D eigenvalue weighted by Crippen LogP contribution is -2.36. The lowest BCUT2D eigenvalue weighted by Gasteiger charge is -2.13. The summed E-state index contributed by atoms with van der Waals surface area (Å²) < 4.78 is 2.84. The zero-order valence-electron chi connectivity index (χ0n) is 10.5. The molecule has 0 saturated carbocycles. The van der Waals surface area contributed by atoms with Gasteiger partial charge in [0.05, 0.1) is 0 Å². The molecule has 0 aliphatic rings. The Morgan fingerprint density at radius 3 is 3.00 bits per heavy atom. The summed E-state index contributed by atoms with van der Waals surface area (Å²) in [4.78, 5) is 1.44. The van der Waals surface area contributed by atoms with Gasteiger partial charge in [0.2, 0.25) is 0 Å².